The molecule has 0 bridgehead atoms. The summed E-state index contributed by atoms with van der Waals surface area (Å²) < 4.78 is 0.998. The van der Waals surface area contributed by atoms with E-state index in [4.69, 9.17) is 0 Å². The molecule has 0 aliphatic carbocycles. The Bertz CT molecular complexity index is 124. The van der Waals surface area contributed by atoms with Gasteiger partial charge in [0.05, 0.1) is 27.7 Å². The standard InChI is InChI=1S/C9H20NO/c1-9(11)7-5-6-8-10(2,3)4/h5-8H2,1-4H3/q+1. The lowest BCUT2D eigenvalue weighted by atomic mass is 10.2. The average Bonchev–Trinajstić information content (AvgIpc) is 1.78. The fourth-order valence-electron chi connectivity index (χ4n) is 0.960. The van der Waals surface area contributed by atoms with Crippen molar-refractivity contribution in [3.8, 4) is 0 Å². The van der Waals surface area contributed by atoms with Gasteiger partial charge in [0, 0.05) is 6.42 Å². The van der Waals surface area contributed by atoms with Crippen molar-refractivity contribution in [3.63, 3.8) is 0 Å². The molecule has 11 heavy (non-hydrogen) atoms. The van der Waals surface area contributed by atoms with Gasteiger partial charge in [0.25, 0.3) is 0 Å². The number of hydrogen-bond donors (Lipinski definition) is 0. The van der Waals surface area contributed by atoms with Crippen molar-refractivity contribution in [2.75, 3.05) is 27.7 Å². The molecule has 0 heterocycles. The minimum Gasteiger partial charge on any atom is -0.331 e. The summed E-state index contributed by atoms with van der Waals surface area (Å²) in [4.78, 5) is 10.6. The zero-order valence-corrected chi connectivity index (χ0v) is 8.18. The van der Waals surface area contributed by atoms with Crippen LogP contribution < -0.4 is 0 Å². The van der Waals surface area contributed by atoms with Gasteiger partial charge in [-0.15, -0.1) is 0 Å². The monoisotopic (exact) mass is 158 g/mol. The number of unbranched alkanes of at least 4 members (excludes halogenated alkanes) is 1. The van der Waals surface area contributed by atoms with Crippen LogP contribution in [0.5, 0.6) is 0 Å². The van der Waals surface area contributed by atoms with Gasteiger partial charge in [-0.05, 0) is 19.8 Å². The maximum Gasteiger partial charge on any atom is 0.129 e. The van der Waals surface area contributed by atoms with Crippen LogP contribution >= 0.6 is 0 Å². The highest BCUT2D eigenvalue weighted by Crippen LogP contribution is 2.00. The number of hydrogen-bond acceptors (Lipinski definition) is 1. The lowest BCUT2D eigenvalue weighted by Gasteiger charge is -2.23. The number of nitrogens with zero attached hydrogens (tertiary/aromatic N) is 1. The molecule has 2 nitrogen and oxygen atoms in total. The van der Waals surface area contributed by atoms with E-state index < -0.39 is 0 Å². The van der Waals surface area contributed by atoms with Gasteiger partial charge in [-0.1, -0.05) is 0 Å². The van der Waals surface area contributed by atoms with Crippen molar-refractivity contribution in [1.29, 1.82) is 0 Å². The molecule has 0 N–H and O–H groups in total. The van der Waals surface area contributed by atoms with E-state index in [1.807, 2.05) is 0 Å². The summed E-state index contributed by atoms with van der Waals surface area (Å²) in [7, 11) is 6.52. The minimum absolute atomic E-state index is 0.311. The third-order valence-corrected chi connectivity index (χ3v) is 1.61. The third kappa shape index (κ3) is 9.63. The van der Waals surface area contributed by atoms with Gasteiger partial charge in [0.1, 0.15) is 5.78 Å². The summed E-state index contributed by atoms with van der Waals surface area (Å²) in [6.45, 7) is 2.82. The molecule has 0 unspecified atom stereocenters. The Morgan fingerprint density at radius 3 is 2.09 bits per heavy atom. The molecule has 0 amide bonds. The van der Waals surface area contributed by atoms with Gasteiger partial charge in [-0.3, -0.25) is 0 Å². The quantitative estimate of drug-likeness (QED) is 0.437. The summed E-state index contributed by atoms with van der Waals surface area (Å²) in [6.07, 6.45) is 2.95. The van der Waals surface area contributed by atoms with Crippen molar-refractivity contribution in [3.05, 3.63) is 0 Å². The fourth-order valence-corrected chi connectivity index (χ4v) is 0.960. The molecule has 0 aromatic heterocycles. The van der Waals surface area contributed by atoms with Crippen LogP contribution in [0.25, 0.3) is 0 Å². The molecule has 0 atom stereocenters. The maximum atomic E-state index is 10.6. The van der Waals surface area contributed by atoms with Crippen LogP contribution in [0.3, 0.4) is 0 Å². The van der Waals surface area contributed by atoms with Crippen LogP contribution in [-0.4, -0.2) is 38.0 Å². The highest BCUT2D eigenvalue weighted by atomic mass is 16.1. The molecule has 0 aliphatic heterocycles. The Kier molecular flexibility index (Phi) is 4.34. The molecule has 0 rings (SSSR count). The van der Waals surface area contributed by atoms with Crippen LogP contribution in [0.1, 0.15) is 26.2 Å². The predicted molar refractivity (Wildman–Crippen MR) is 47.4 cm³/mol. The highest BCUT2D eigenvalue weighted by molar-refractivity contribution is 5.75. The van der Waals surface area contributed by atoms with Crippen LogP contribution in [-0.2, 0) is 4.79 Å². The Labute approximate surface area is 69.8 Å². The Hall–Kier alpha value is -0.370. The summed E-state index contributed by atoms with van der Waals surface area (Å²) in [5.74, 6) is 0.311. The molecular weight excluding hydrogens is 138 g/mol. The van der Waals surface area contributed by atoms with E-state index in [1.54, 1.807) is 6.92 Å². The number of ketones is 1. The molecule has 0 saturated heterocycles. The second kappa shape index (κ2) is 4.50. The van der Waals surface area contributed by atoms with E-state index in [-0.39, 0.29) is 0 Å². The predicted octanol–water partition coefficient (Wildman–Crippen LogP) is 1.45. The first kappa shape index (κ1) is 10.6. The SMILES string of the molecule is CC(=O)CCCC[N+](C)(C)C. The van der Waals surface area contributed by atoms with Crippen molar-refractivity contribution < 1.29 is 9.28 Å². The molecule has 0 aromatic carbocycles. The molecule has 66 valence electrons. The highest BCUT2D eigenvalue weighted by Gasteiger charge is 2.05. The summed E-state index contributed by atoms with van der Waals surface area (Å²) in [6, 6.07) is 0. The molecule has 2 heteroatoms. The number of carbonyl (C=O) groups excluding carboxylic acids is 1. The summed E-state index contributed by atoms with van der Waals surface area (Å²) >= 11 is 0. The Morgan fingerprint density at radius 2 is 1.73 bits per heavy atom. The smallest absolute Gasteiger partial charge is 0.129 e. The van der Waals surface area contributed by atoms with E-state index in [0.29, 0.717) is 5.78 Å². The number of carbonyl (C=O) groups is 1. The van der Waals surface area contributed by atoms with E-state index in [0.717, 1.165) is 30.3 Å². The van der Waals surface area contributed by atoms with E-state index in [2.05, 4.69) is 21.1 Å². The second-order valence-corrected chi connectivity index (χ2v) is 4.17. The first-order valence-corrected chi connectivity index (χ1v) is 4.22. The zero-order chi connectivity index (χ0) is 8.91. The van der Waals surface area contributed by atoms with E-state index in [9.17, 15) is 4.79 Å². The molecule has 0 spiro atoms. The first-order valence-electron chi connectivity index (χ1n) is 4.22. The molecule has 0 aromatic rings. The number of rotatable bonds is 5. The summed E-state index contributed by atoms with van der Waals surface area (Å²) in [5, 5.41) is 0. The van der Waals surface area contributed by atoms with Crippen LogP contribution in [0.4, 0.5) is 0 Å². The molecule has 0 radical (unpaired) electrons. The van der Waals surface area contributed by atoms with Gasteiger partial charge in [0.2, 0.25) is 0 Å². The third-order valence-electron chi connectivity index (χ3n) is 1.61. The van der Waals surface area contributed by atoms with Gasteiger partial charge >= 0.3 is 0 Å². The average molecular weight is 158 g/mol. The summed E-state index contributed by atoms with van der Waals surface area (Å²) in [5.41, 5.74) is 0. The van der Waals surface area contributed by atoms with Crippen molar-refractivity contribution in [1.82, 2.24) is 0 Å². The van der Waals surface area contributed by atoms with Crippen molar-refractivity contribution in [2.24, 2.45) is 0 Å². The van der Waals surface area contributed by atoms with Gasteiger partial charge < -0.3 is 9.28 Å². The molecule has 0 saturated carbocycles. The van der Waals surface area contributed by atoms with E-state index in [1.165, 1.54) is 0 Å². The maximum absolute atomic E-state index is 10.6. The first-order chi connectivity index (χ1) is 4.92. The minimum atomic E-state index is 0.311. The Balaban J connectivity index is 3.22. The van der Waals surface area contributed by atoms with Gasteiger partial charge in [-0.25, -0.2) is 0 Å². The topological polar surface area (TPSA) is 17.1 Å². The van der Waals surface area contributed by atoms with E-state index >= 15 is 0 Å². The zero-order valence-electron chi connectivity index (χ0n) is 8.18. The fraction of sp³-hybridized carbons (Fsp3) is 0.889. The molecule has 0 fully saturated rings. The van der Waals surface area contributed by atoms with Crippen molar-refractivity contribution >= 4 is 5.78 Å². The van der Waals surface area contributed by atoms with Crippen LogP contribution in [0.15, 0.2) is 0 Å². The molecular formula is C9H20NO+. The Morgan fingerprint density at radius 1 is 1.18 bits per heavy atom. The van der Waals surface area contributed by atoms with Crippen LogP contribution in [0, 0.1) is 0 Å². The lowest BCUT2D eigenvalue weighted by Crippen LogP contribution is -2.35. The number of quaternary nitrogens is 1. The largest absolute Gasteiger partial charge is 0.331 e. The lowest BCUT2D eigenvalue weighted by molar-refractivity contribution is -0.870. The van der Waals surface area contributed by atoms with Gasteiger partial charge in [-0.2, -0.15) is 0 Å². The van der Waals surface area contributed by atoms with Gasteiger partial charge in [0.15, 0.2) is 0 Å². The normalized spacial score (nSPS) is 11.6. The molecule has 0 aliphatic rings. The van der Waals surface area contributed by atoms with Crippen LogP contribution in [0.2, 0.25) is 0 Å². The number of Topliss-reactive ketones (excluding diaryl/α,β-unsaturated/α-hetero) is 1. The van der Waals surface area contributed by atoms with Crippen molar-refractivity contribution in [2.45, 2.75) is 26.2 Å². The second-order valence-electron chi connectivity index (χ2n) is 4.17.